The molecule has 0 aliphatic carbocycles. The number of fused-ring (bicyclic) bond motifs is 1. The Hall–Kier alpha value is -3.78. The Kier molecular flexibility index (Phi) is 4.92. The SMILES string of the molecule is O=C(NC(C(=O)ON1C(=O)c2ccccc2C1=O)c1ccccc1)c1cccs1. The van der Waals surface area contributed by atoms with Gasteiger partial charge in [0.2, 0.25) is 0 Å². The van der Waals surface area contributed by atoms with Crippen molar-refractivity contribution in [1.29, 1.82) is 0 Å². The smallest absolute Gasteiger partial charge is 0.334 e. The number of carbonyl (C=O) groups excluding carboxylic acids is 4. The highest BCUT2D eigenvalue weighted by atomic mass is 32.1. The molecule has 2 aromatic carbocycles. The van der Waals surface area contributed by atoms with Gasteiger partial charge in [0.15, 0.2) is 6.04 Å². The van der Waals surface area contributed by atoms with Crippen LogP contribution in [0, 0.1) is 0 Å². The summed E-state index contributed by atoms with van der Waals surface area (Å²) in [5, 5.41) is 4.78. The van der Waals surface area contributed by atoms with E-state index in [1.807, 2.05) is 0 Å². The van der Waals surface area contributed by atoms with E-state index in [1.54, 1.807) is 60.0 Å². The Morgan fingerprint density at radius 3 is 2.07 bits per heavy atom. The molecule has 2 heterocycles. The number of rotatable bonds is 5. The molecule has 0 bridgehead atoms. The average Bonchev–Trinajstić information content (AvgIpc) is 3.37. The summed E-state index contributed by atoms with van der Waals surface area (Å²) in [7, 11) is 0. The number of thiophene rings is 1. The van der Waals surface area contributed by atoms with Gasteiger partial charge in [-0.2, -0.15) is 0 Å². The van der Waals surface area contributed by atoms with Crippen LogP contribution in [0.4, 0.5) is 0 Å². The van der Waals surface area contributed by atoms with E-state index >= 15 is 0 Å². The van der Waals surface area contributed by atoms with Crippen LogP contribution in [0.1, 0.15) is 42.0 Å². The second kappa shape index (κ2) is 7.69. The molecule has 3 amide bonds. The highest BCUT2D eigenvalue weighted by molar-refractivity contribution is 7.12. The Labute approximate surface area is 169 Å². The second-order valence-corrected chi connectivity index (χ2v) is 7.10. The molecule has 8 heteroatoms. The lowest BCUT2D eigenvalue weighted by molar-refractivity contribution is -0.171. The van der Waals surface area contributed by atoms with E-state index in [2.05, 4.69) is 5.32 Å². The van der Waals surface area contributed by atoms with Crippen LogP contribution in [-0.2, 0) is 9.63 Å². The molecule has 1 unspecified atom stereocenters. The molecule has 7 nitrogen and oxygen atoms in total. The van der Waals surface area contributed by atoms with E-state index in [4.69, 9.17) is 4.84 Å². The van der Waals surface area contributed by atoms with E-state index < -0.39 is 29.7 Å². The fourth-order valence-corrected chi connectivity index (χ4v) is 3.55. The maximum Gasteiger partial charge on any atom is 0.359 e. The first kappa shape index (κ1) is 18.6. The van der Waals surface area contributed by atoms with Crippen molar-refractivity contribution in [3.8, 4) is 0 Å². The number of nitrogens with one attached hydrogen (secondary N) is 1. The van der Waals surface area contributed by atoms with Gasteiger partial charge in [0.1, 0.15) is 0 Å². The van der Waals surface area contributed by atoms with E-state index in [9.17, 15) is 19.2 Å². The minimum atomic E-state index is -1.20. The van der Waals surface area contributed by atoms with Crippen LogP contribution in [0.15, 0.2) is 72.1 Å². The molecule has 0 saturated heterocycles. The van der Waals surface area contributed by atoms with Gasteiger partial charge in [0, 0.05) is 0 Å². The van der Waals surface area contributed by atoms with Crippen LogP contribution in [0.25, 0.3) is 0 Å². The molecule has 4 rings (SSSR count). The van der Waals surface area contributed by atoms with Gasteiger partial charge in [0.05, 0.1) is 16.0 Å². The molecule has 0 radical (unpaired) electrons. The number of benzene rings is 2. The summed E-state index contributed by atoms with van der Waals surface area (Å²) in [6.07, 6.45) is 0. The highest BCUT2D eigenvalue weighted by Crippen LogP contribution is 2.25. The lowest BCUT2D eigenvalue weighted by Gasteiger charge is -2.20. The molecule has 1 atom stereocenters. The molecule has 1 aliphatic heterocycles. The summed E-state index contributed by atoms with van der Waals surface area (Å²) < 4.78 is 0. The predicted molar refractivity (Wildman–Crippen MR) is 104 cm³/mol. The van der Waals surface area contributed by atoms with Crippen LogP contribution in [0.3, 0.4) is 0 Å². The van der Waals surface area contributed by atoms with Gasteiger partial charge < -0.3 is 10.2 Å². The zero-order valence-corrected chi connectivity index (χ0v) is 15.7. The molecule has 0 spiro atoms. The first-order chi connectivity index (χ1) is 14.1. The van der Waals surface area contributed by atoms with E-state index in [0.717, 1.165) is 0 Å². The minimum Gasteiger partial charge on any atom is -0.334 e. The van der Waals surface area contributed by atoms with Crippen LogP contribution in [0.2, 0.25) is 0 Å². The Bertz CT molecular complexity index is 1060. The van der Waals surface area contributed by atoms with E-state index in [1.165, 1.54) is 23.5 Å². The predicted octanol–water partition coefficient (Wildman–Crippen LogP) is 2.97. The topological polar surface area (TPSA) is 92.8 Å². The summed E-state index contributed by atoms with van der Waals surface area (Å²) in [5.74, 6) is -2.87. The third-order valence-corrected chi connectivity index (χ3v) is 5.20. The van der Waals surface area contributed by atoms with Crippen molar-refractivity contribution in [3.05, 3.63) is 93.7 Å². The van der Waals surface area contributed by atoms with Crippen molar-refractivity contribution < 1.29 is 24.0 Å². The molecule has 29 heavy (non-hydrogen) atoms. The van der Waals surface area contributed by atoms with Gasteiger partial charge in [-0.05, 0) is 29.1 Å². The fraction of sp³-hybridized carbons (Fsp3) is 0.0476. The summed E-state index contributed by atoms with van der Waals surface area (Å²) in [6.45, 7) is 0. The summed E-state index contributed by atoms with van der Waals surface area (Å²) in [5.41, 5.74) is 0.771. The van der Waals surface area contributed by atoms with Gasteiger partial charge >= 0.3 is 5.97 Å². The molecule has 1 aliphatic rings. The molecular weight excluding hydrogens is 392 g/mol. The molecular formula is C21H14N2O5S. The number of imide groups is 1. The van der Waals surface area contributed by atoms with Crippen molar-refractivity contribution in [2.45, 2.75) is 6.04 Å². The van der Waals surface area contributed by atoms with Crippen molar-refractivity contribution in [1.82, 2.24) is 10.4 Å². The number of hydrogen-bond donors (Lipinski definition) is 1. The zero-order chi connectivity index (χ0) is 20.4. The minimum absolute atomic E-state index is 0.157. The average molecular weight is 406 g/mol. The molecule has 0 fully saturated rings. The van der Waals surface area contributed by atoms with Crippen LogP contribution >= 0.6 is 11.3 Å². The number of hydroxylamine groups is 2. The monoisotopic (exact) mass is 406 g/mol. The maximum absolute atomic E-state index is 12.9. The van der Waals surface area contributed by atoms with Crippen LogP contribution < -0.4 is 5.32 Å². The molecule has 1 aromatic heterocycles. The Morgan fingerprint density at radius 2 is 1.48 bits per heavy atom. The number of amides is 3. The Balaban J connectivity index is 1.58. The van der Waals surface area contributed by atoms with Gasteiger partial charge in [-0.15, -0.1) is 11.3 Å². The van der Waals surface area contributed by atoms with Crippen molar-refractivity contribution in [2.75, 3.05) is 0 Å². The largest absolute Gasteiger partial charge is 0.359 e. The van der Waals surface area contributed by atoms with Crippen molar-refractivity contribution in [3.63, 3.8) is 0 Å². The van der Waals surface area contributed by atoms with Gasteiger partial charge in [0.25, 0.3) is 17.7 Å². The highest BCUT2D eigenvalue weighted by Gasteiger charge is 2.40. The van der Waals surface area contributed by atoms with Crippen molar-refractivity contribution in [2.24, 2.45) is 0 Å². The number of hydrogen-bond acceptors (Lipinski definition) is 6. The molecule has 144 valence electrons. The number of nitrogens with zero attached hydrogens (tertiary/aromatic N) is 1. The van der Waals surface area contributed by atoms with Crippen LogP contribution in [-0.4, -0.2) is 28.8 Å². The first-order valence-electron chi connectivity index (χ1n) is 8.65. The van der Waals surface area contributed by atoms with Gasteiger partial charge in [-0.3, -0.25) is 14.4 Å². The summed E-state index contributed by atoms with van der Waals surface area (Å²) in [6, 6.07) is 16.8. The normalized spacial score (nSPS) is 13.7. The van der Waals surface area contributed by atoms with Gasteiger partial charge in [-0.25, -0.2) is 4.79 Å². The third kappa shape index (κ3) is 3.53. The van der Waals surface area contributed by atoms with E-state index in [0.29, 0.717) is 15.5 Å². The zero-order valence-electron chi connectivity index (χ0n) is 14.9. The lowest BCUT2D eigenvalue weighted by atomic mass is 10.1. The van der Waals surface area contributed by atoms with Crippen molar-refractivity contribution >= 4 is 35.0 Å². The summed E-state index contributed by atoms with van der Waals surface area (Å²) >= 11 is 1.22. The molecule has 3 aromatic rings. The van der Waals surface area contributed by atoms with Gasteiger partial charge in [-0.1, -0.05) is 53.6 Å². The first-order valence-corrected chi connectivity index (χ1v) is 9.53. The standard InChI is InChI=1S/C21H14N2O5S/c24-18(16-11-6-12-29-16)22-17(13-7-2-1-3-8-13)21(27)28-23-19(25)14-9-4-5-10-15(14)20(23)26/h1-12,17H,(H,22,24). The lowest BCUT2D eigenvalue weighted by Crippen LogP contribution is -2.40. The Morgan fingerprint density at radius 1 is 0.862 bits per heavy atom. The number of carbonyl (C=O) groups is 4. The van der Waals surface area contributed by atoms with Crippen LogP contribution in [0.5, 0.6) is 0 Å². The quantitative estimate of drug-likeness (QED) is 0.658. The molecule has 0 saturated carbocycles. The van der Waals surface area contributed by atoms with E-state index in [-0.39, 0.29) is 11.1 Å². The fourth-order valence-electron chi connectivity index (χ4n) is 2.93. The third-order valence-electron chi connectivity index (χ3n) is 4.33. The second-order valence-electron chi connectivity index (χ2n) is 6.16. The maximum atomic E-state index is 12.9. The molecule has 1 N–H and O–H groups in total. The summed E-state index contributed by atoms with van der Waals surface area (Å²) in [4.78, 5) is 55.8.